The van der Waals surface area contributed by atoms with Crippen molar-refractivity contribution >= 4 is 35.1 Å². The topological polar surface area (TPSA) is 69.5 Å². The van der Waals surface area contributed by atoms with E-state index < -0.39 is 0 Å². The van der Waals surface area contributed by atoms with Crippen LogP contribution in [0.3, 0.4) is 0 Å². The summed E-state index contributed by atoms with van der Waals surface area (Å²) in [6, 6.07) is 5.07. The summed E-state index contributed by atoms with van der Waals surface area (Å²) < 4.78 is 12.7. The summed E-state index contributed by atoms with van der Waals surface area (Å²) in [4.78, 5) is 14.8. The molecule has 28 heavy (non-hydrogen) atoms. The summed E-state index contributed by atoms with van der Waals surface area (Å²) in [7, 11) is 1.55. The normalized spacial score (nSPS) is 14.5. The maximum Gasteiger partial charge on any atom is 0.228 e. The van der Waals surface area contributed by atoms with E-state index in [1.54, 1.807) is 25.3 Å². The zero-order chi connectivity index (χ0) is 20.1. The van der Waals surface area contributed by atoms with Gasteiger partial charge in [0.2, 0.25) is 5.95 Å². The number of aromatic nitrogens is 3. The number of carbonyl (C=O) groups excluding carboxylic acids is 1. The average molecular weight is 425 g/mol. The smallest absolute Gasteiger partial charge is 0.228 e. The Morgan fingerprint density at radius 2 is 2.07 bits per heavy atom. The zero-order valence-corrected chi connectivity index (χ0v) is 17.9. The molecule has 1 saturated heterocycles. The van der Waals surface area contributed by atoms with Gasteiger partial charge in [-0.25, -0.2) is 0 Å². The van der Waals surface area contributed by atoms with Crippen molar-refractivity contribution in [1.82, 2.24) is 14.8 Å². The predicted octanol–water partition coefficient (Wildman–Crippen LogP) is 3.41. The van der Waals surface area contributed by atoms with E-state index in [2.05, 4.69) is 33.5 Å². The average Bonchev–Trinajstić information content (AvgIpc) is 3.08. The fraction of sp³-hybridized carbons (Fsp3) is 0.526. The molecule has 1 aromatic carbocycles. The molecule has 0 N–H and O–H groups in total. The number of anilines is 1. The summed E-state index contributed by atoms with van der Waals surface area (Å²) in [5.74, 6) is 2.09. The Balaban J connectivity index is 1.73. The van der Waals surface area contributed by atoms with Gasteiger partial charge in [-0.05, 0) is 24.1 Å². The Bertz CT molecular complexity index is 822. The third kappa shape index (κ3) is 4.98. The molecule has 1 fully saturated rings. The molecule has 0 bridgehead atoms. The summed E-state index contributed by atoms with van der Waals surface area (Å²) in [6.07, 6.45) is 0. The number of carbonyl (C=O) groups is 1. The first kappa shape index (κ1) is 21.0. The molecule has 0 spiro atoms. The molecular formula is C19H25ClN4O3S. The van der Waals surface area contributed by atoms with Gasteiger partial charge in [0, 0.05) is 25.2 Å². The van der Waals surface area contributed by atoms with Crippen molar-refractivity contribution in [3.8, 4) is 5.75 Å². The van der Waals surface area contributed by atoms with Crippen molar-refractivity contribution in [3.63, 3.8) is 0 Å². The van der Waals surface area contributed by atoms with Crippen LogP contribution in [0, 0.1) is 5.92 Å². The molecule has 0 aliphatic carbocycles. The molecule has 1 aliphatic heterocycles. The molecule has 1 aliphatic rings. The second-order valence-corrected chi connectivity index (χ2v) is 8.30. The van der Waals surface area contributed by atoms with Crippen LogP contribution < -0.4 is 9.64 Å². The van der Waals surface area contributed by atoms with E-state index in [1.165, 1.54) is 11.8 Å². The zero-order valence-electron chi connectivity index (χ0n) is 16.4. The van der Waals surface area contributed by atoms with Crippen LogP contribution in [0.4, 0.5) is 5.95 Å². The van der Waals surface area contributed by atoms with Crippen molar-refractivity contribution in [1.29, 1.82) is 0 Å². The lowest BCUT2D eigenvalue weighted by molar-refractivity contribution is 0.102. The highest BCUT2D eigenvalue weighted by Gasteiger charge is 2.22. The minimum atomic E-state index is -0.0124. The molecule has 7 nitrogen and oxygen atoms in total. The third-order valence-electron chi connectivity index (χ3n) is 4.35. The van der Waals surface area contributed by atoms with Crippen LogP contribution in [-0.2, 0) is 11.3 Å². The van der Waals surface area contributed by atoms with Crippen LogP contribution in [0.1, 0.15) is 24.2 Å². The Hall–Kier alpha value is -1.77. The number of morpholine rings is 1. The number of hydrogen-bond acceptors (Lipinski definition) is 7. The molecule has 2 aromatic rings. The Morgan fingerprint density at radius 1 is 1.32 bits per heavy atom. The van der Waals surface area contributed by atoms with Crippen molar-refractivity contribution in [2.45, 2.75) is 25.5 Å². The summed E-state index contributed by atoms with van der Waals surface area (Å²) >= 11 is 7.54. The van der Waals surface area contributed by atoms with E-state index >= 15 is 0 Å². The van der Waals surface area contributed by atoms with E-state index in [9.17, 15) is 4.79 Å². The van der Waals surface area contributed by atoms with E-state index in [0.717, 1.165) is 30.7 Å². The quantitative estimate of drug-likeness (QED) is 0.475. The van der Waals surface area contributed by atoms with Crippen molar-refractivity contribution in [2.75, 3.05) is 44.1 Å². The van der Waals surface area contributed by atoms with Gasteiger partial charge < -0.3 is 14.4 Å². The SMILES string of the molecule is COc1ccc(C(=O)CSc2nnc(N3CCOCC3)n2CC(C)C)cc1Cl. The standard InChI is InChI=1S/C19H25ClN4O3S/c1-13(2)11-24-18(23-6-8-27-9-7-23)21-22-19(24)28-12-16(25)14-4-5-17(26-3)15(20)10-14/h4-5,10,13H,6-9,11-12H2,1-3H3. The van der Waals surface area contributed by atoms with Crippen LogP contribution >= 0.6 is 23.4 Å². The second kappa shape index (κ2) is 9.62. The number of methoxy groups -OCH3 is 1. The molecule has 9 heteroatoms. The molecule has 152 valence electrons. The number of thioether (sulfide) groups is 1. The highest BCUT2D eigenvalue weighted by atomic mass is 35.5. The van der Waals surface area contributed by atoms with Crippen LogP contribution in [0.15, 0.2) is 23.4 Å². The van der Waals surface area contributed by atoms with Crippen molar-refractivity contribution < 1.29 is 14.3 Å². The number of Topliss-reactive ketones (excluding diaryl/α,β-unsaturated/α-hetero) is 1. The first-order valence-corrected chi connectivity index (χ1v) is 10.6. The Labute approximate surface area is 174 Å². The highest BCUT2D eigenvalue weighted by molar-refractivity contribution is 7.99. The second-order valence-electron chi connectivity index (χ2n) is 6.95. The van der Waals surface area contributed by atoms with E-state index in [-0.39, 0.29) is 11.5 Å². The van der Waals surface area contributed by atoms with Crippen LogP contribution in [0.25, 0.3) is 0 Å². The molecule has 0 unspecified atom stereocenters. The van der Waals surface area contributed by atoms with E-state index in [4.69, 9.17) is 21.1 Å². The third-order valence-corrected chi connectivity index (χ3v) is 5.61. The first-order chi connectivity index (χ1) is 13.5. The Morgan fingerprint density at radius 3 is 2.71 bits per heavy atom. The van der Waals surface area contributed by atoms with Gasteiger partial charge in [-0.2, -0.15) is 0 Å². The van der Waals surface area contributed by atoms with E-state index in [1.807, 2.05) is 0 Å². The lowest BCUT2D eigenvalue weighted by Crippen LogP contribution is -2.38. The number of nitrogens with zero attached hydrogens (tertiary/aromatic N) is 4. The van der Waals surface area contributed by atoms with Crippen molar-refractivity contribution in [2.24, 2.45) is 5.92 Å². The van der Waals surface area contributed by atoms with Gasteiger partial charge >= 0.3 is 0 Å². The molecule has 3 rings (SSSR count). The van der Waals surface area contributed by atoms with Crippen LogP contribution in [0.5, 0.6) is 5.75 Å². The van der Waals surface area contributed by atoms with Gasteiger partial charge in [-0.3, -0.25) is 9.36 Å². The van der Waals surface area contributed by atoms with Gasteiger partial charge in [-0.15, -0.1) is 10.2 Å². The lowest BCUT2D eigenvalue weighted by atomic mass is 10.1. The fourth-order valence-electron chi connectivity index (χ4n) is 2.96. The molecule has 0 amide bonds. The molecule has 0 radical (unpaired) electrons. The van der Waals surface area contributed by atoms with Crippen molar-refractivity contribution in [3.05, 3.63) is 28.8 Å². The van der Waals surface area contributed by atoms with Gasteiger partial charge in [0.1, 0.15) is 5.75 Å². The Kier molecular flexibility index (Phi) is 7.20. The maximum absolute atomic E-state index is 12.6. The number of hydrogen-bond donors (Lipinski definition) is 0. The monoisotopic (exact) mass is 424 g/mol. The van der Waals surface area contributed by atoms with E-state index in [0.29, 0.717) is 35.5 Å². The van der Waals surface area contributed by atoms with Crippen LogP contribution in [-0.4, -0.2) is 59.7 Å². The largest absolute Gasteiger partial charge is 0.495 e. The lowest BCUT2D eigenvalue weighted by Gasteiger charge is -2.28. The fourth-order valence-corrected chi connectivity index (χ4v) is 4.06. The van der Waals surface area contributed by atoms with Gasteiger partial charge in [0.05, 0.1) is 31.1 Å². The number of rotatable bonds is 8. The first-order valence-electron chi connectivity index (χ1n) is 9.25. The maximum atomic E-state index is 12.6. The predicted molar refractivity (Wildman–Crippen MR) is 111 cm³/mol. The molecular weight excluding hydrogens is 400 g/mol. The highest BCUT2D eigenvalue weighted by Crippen LogP contribution is 2.27. The number of halogens is 1. The van der Waals surface area contributed by atoms with Gasteiger partial charge in [0.25, 0.3) is 0 Å². The number of benzene rings is 1. The summed E-state index contributed by atoms with van der Waals surface area (Å²) in [5, 5.41) is 9.92. The number of ketones is 1. The van der Waals surface area contributed by atoms with Gasteiger partial charge in [-0.1, -0.05) is 37.2 Å². The van der Waals surface area contributed by atoms with Crippen LogP contribution in [0.2, 0.25) is 5.02 Å². The molecule has 0 atom stereocenters. The minimum absolute atomic E-state index is 0.0124. The summed E-state index contributed by atoms with van der Waals surface area (Å²) in [6.45, 7) is 8.07. The molecule has 1 aromatic heterocycles. The molecule has 2 heterocycles. The van der Waals surface area contributed by atoms with Gasteiger partial charge in [0.15, 0.2) is 10.9 Å². The minimum Gasteiger partial charge on any atom is -0.495 e. The molecule has 0 saturated carbocycles. The summed E-state index contributed by atoms with van der Waals surface area (Å²) in [5.41, 5.74) is 0.557. The number of ether oxygens (including phenoxy) is 2.